The van der Waals surface area contributed by atoms with Gasteiger partial charge in [0.2, 0.25) is 0 Å². The summed E-state index contributed by atoms with van der Waals surface area (Å²) >= 11 is 3.99. The summed E-state index contributed by atoms with van der Waals surface area (Å²) < 4.78 is 5.78. The maximum atomic E-state index is 12.6. The van der Waals surface area contributed by atoms with E-state index in [-0.39, 0.29) is 27.7 Å². The van der Waals surface area contributed by atoms with Crippen molar-refractivity contribution in [3.05, 3.63) is 0 Å². The number of carbonyl (C=O) groups excluding carboxylic acids is 2. The molecule has 5 heteroatoms. The molecule has 2 unspecified atom stereocenters. The second-order valence-corrected chi connectivity index (χ2v) is 11.1. The zero-order valence-corrected chi connectivity index (χ0v) is 16.8. The Bertz CT molecular complexity index is 543. The first-order valence-electron chi connectivity index (χ1n) is 10.0. The van der Waals surface area contributed by atoms with E-state index in [1.165, 1.54) is 32.1 Å². The lowest BCUT2D eigenvalue weighted by Crippen LogP contribution is -2.53. The van der Waals surface area contributed by atoms with Crippen molar-refractivity contribution in [2.75, 3.05) is 0 Å². The number of rotatable bonds is 5. The van der Waals surface area contributed by atoms with E-state index in [2.05, 4.69) is 21.2 Å². The van der Waals surface area contributed by atoms with Crippen LogP contribution < -0.4 is 5.32 Å². The predicted octanol–water partition coefficient (Wildman–Crippen LogP) is 4.10. The molecule has 5 saturated carbocycles. The first-order valence-corrected chi connectivity index (χ1v) is 10.8. The molecule has 0 saturated heterocycles. The lowest BCUT2D eigenvalue weighted by molar-refractivity contribution is -0.160. The molecule has 0 radical (unpaired) electrons. The van der Waals surface area contributed by atoms with E-state index >= 15 is 0 Å². The van der Waals surface area contributed by atoms with Crippen molar-refractivity contribution in [1.29, 1.82) is 0 Å². The molecular formula is C20H30BrNO3. The van der Waals surface area contributed by atoms with Crippen molar-refractivity contribution >= 4 is 27.8 Å². The Hall–Kier alpha value is -0.580. The van der Waals surface area contributed by atoms with Gasteiger partial charge in [-0.15, -0.1) is 0 Å². The van der Waals surface area contributed by atoms with Gasteiger partial charge in [-0.25, -0.2) is 0 Å². The standard InChI is InChI=1S/C20H30BrNO3/c1-13(18(24)22-16-4-2-3-5-16)25-17(23)11-19-7-14-6-15(8-19)10-20(21,9-14)12-19/h13-16H,2-12H2,1H3,(H,22,24)/t13-,14-,15+,19?,20?/m1/s1. The second-order valence-electron chi connectivity index (χ2n) is 9.41. The Balaban J connectivity index is 1.32. The predicted molar refractivity (Wildman–Crippen MR) is 99.3 cm³/mol. The zero-order chi connectivity index (χ0) is 17.7. The van der Waals surface area contributed by atoms with E-state index in [9.17, 15) is 9.59 Å². The van der Waals surface area contributed by atoms with E-state index in [4.69, 9.17) is 4.74 Å². The van der Waals surface area contributed by atoms with Crippen molar-refractivity contribution in [3.8, 4) is 0 Å². The van der Waals surface area contributed by atoms with Crippen LogP contribution in [0.5, 0.6) is 0 Å². The SMILES string of the molecule is C[C@@H](OC(=O)CC12C[C@@H]3C[C@@H](CC(Br)(C3)C1)C2)C(=O)NC1CCCC1. The van der Waals surface area contributed by atoms with Gasteiger partial charge in [0.1, 0.15) is 0 Å². The van der Waals surface area contributed by atoms with Crippen molar-refractivity contribution in [2.24, 2.45) is 17.3 Å². The molecule has 5 rings (SSSR count). The molecule has 0 heterocycles. The average Bonchev–Trinajstić information content (AvgIpc) is 2.96. The molecule has 1 amide bonds. The molecular weight excluding hydrogens is 382 g/mol. The van der Waals surface area contributed by atoms with Crippen LogP contribution in [0.2, 0.25) is 0 Å². The van der Waals surface area contributed by atoms with Crippen LogP contribution in [0, 0.1) is 17.3 Å². The summed E-state index contributed by atoms with van der Waals surface area (Å²) in [7, 11) is 0. The Morgan fingerprint density at radius 3 is 2.40 bits per heavy atom. The van der Waals surface area contributed by atoms with Crippen LogP contribution in [-0.4, -0.2) is 28.3 Å². The van der Waals surface area contributed by atoms with Gasteiger partial charge >= 0.3 is 5.97 Å². The van der Waals surface area contributed by atoms with Gasteiger partial charge in [0.15, 0.2) is 6.10 Å². The number of carbonyl (C=O) groups is 2. The molecule has 5 atom stereocenters. The third kappa shape index (κ3) is 3.77. The first kappa shape index (κ1) is 17.8. The normalized spacial score (nSPS) is 40.9. The van der Waals surface area contributed by atoms with Crippen LogP contribution >= 0.6 is 15.9 Å². The van der Waals surface area contributed by atoms with Gasteiger partial charge in [0.05, 0.1) is 6.42 Å². The molecule has 0 aromatic rings. The van der Waals surface area contributed by atoms with Gasteiger partial charge in [0.25, 0.3) is 5.91 Å². The minimum absolute atomic E-state index is 0.103. The Morgan fingerprint density at radius 1 is 1.16 bits per heavy atom. The molecule has 1 N–H and O–H groups in total. The fourth-order valence-corrected chi connectivity index (χ4v) is 8.04. The minimum atomic E-state index is -0.681. The number of alkyl halides is 1. The van der Waals surface area contributed by atoms with Crippen molar-refractivity contribution < 1.29 is 14.3 Å². The van der Waals surface area contributed by atoms with Crippen molar-refractivity contribution in [3.63, 3.8) is 0 Å². The molecule has 4 nitrogen and oxygen atoms in total. The highest BCUT2D eigenvalue weighted by Gasteiger charge is 2.57. The molecule has 0 aliphatic heterocycles. The number of hydrogen-bond donors (Lipinski definition) is 1. The first-order chi connectivity index (χ1) is 11.8. The molecule has 5 fully saturated rings. The fourth-order valence-electron chi connectivity index (χ4n) is 6.53. The summed E-state index contributed by atoms with van der Waals surface area (Å²) in [5.74, 6) is 1.20. The maximum absolute atomic E-state index is 12.6. The van der Waals surface area contributed by atoms with Gasteiger partial charge in [-0.05, 0) is 75.5 Å². The molecule has 0 aromatic heterocycles. The molecule has 0 spiro atoms. The van der Waals surface area contributed by atoms with E-state index in [0.29, 0.717) is 6.42 Å². The van der Waals surface area contributed by atoms with E-state index < -0.39 is 6.10 Å². The molecule has 0 aromatic carbocycles. The van der Waals surface area contributed by atoms with Gasteiger partial charge in [-0.3, -0.25) is 9.59 Å². The number of halogens is 1. The quantitative estimate of drug-likeness (QED) is 0.547. The van der Waals surface area contributed by atoms with E-state index in [1.807, 2.05) is 0 Å². The fraction of sp³-hybridized carbons (Fsp3) is 0.900. The molecule has 5 aliphatic carbocycles. The minimum Gasteiger partial charge on any atom is -0.453 e. The Labute approximate surface area is 159 Å². The highest BCUT2D eigenvalue weighted by Crippen LogP contribution is 2.65. The summed E-state index contributed by atoms with van der Waals surface area (Å²) in [6, 6.07) is 0.269. The number of esters is 1. The van der Waals surface area contributed by atoms with Crippen LogP contribution in [0.25, 0.3) is 0 Å². The third-order valence-electron chi connectivity index (χ3n) is 7.01. The summed E-state index contributed by atoms with van der Waals surface area (Å²) in [6.45, 7) is 1.70. The number of nitrogens with one attached hydrogen (secondary N) is 1. The third-order valence-corrected chi connectivity index (χ3v) is 7.94. The summed E-state index contributed by atoms with van der Waals surface area (Å²) in [5, 5.41) is 3.03. The van der Waals surface area contributed by atoms with Gasteiger partial charge in [-0.2, -0.15) is 0 Å². The van der Waals surface area contributed by atoms with Crippen LogP contribution in [0.4, 0.5) is 0 Å². The molecule has 5 aliphatic rings. The zero-order valence-electron chi connectivity index (χ0n) is 15.2. The summed E-state index contributed by atoms with van der Waals surface area (Å²) in [4.78, 5) is 24.8. The summed E-state index contributed by atoms with van der Waals surface area (Å²) in [5.41, 5.74) is 0.103. The van der Waals surface area contributed by atoms with E-state index in [0.717, 1.165) is 43.9 Å². The van der Waals surface area contributed by atoms with Crippen LogP contribution in [0.1, 0.15) is 77.6 Å². The van der Waals surface area contributed by atoms with Crippen molar-refractivity contribution in [2.45, 2.75) is 94.0 Å². The van der Waals surface area contributed by atoms with Gasteiger partial charge in [-0.1, -0.05) is 28.8 Å². The highest BCUT2D eigenvalue weighted by molar-refractivity contribution is 9.10. The van der Waals surface area contributed by atoms with Crippen molar-refractivity contribution in [1.82, 2.24) is 5.32 Å². The number of amides is 1. The van der Waals surface area contributed by atoms with Crippen LogP contribution in [0.15, 0.2) is 0 Å². The van der Waals surface area contributed by atoms with Gasteiger partial charge < -0.3 is 10.1 Å². The number of hydrogen-bond acceptors (Lipinski definition) is 3. The molecule has 140 valence electrons. The Kier molecular flexibility index (Phi) is 4.66. The average molecular weight is 412 g/mol. The lowest BCUT2D eigenvalue weighted by Gasteiger charge is -2.60. The maximum Gasteiger partial charge on any atom is 0.307 e. The monoisotopic (exact) mass is 411 g/mol. The van der Waals surface area contributed by atoms with Crippen LogP contribution in [-0.2, 0) is 14.3 Å². The largest absolute Gasteiger partial charge is 0.453 e. The second kappa shape index (κ2) is 6.54. The smallest absolute Gasteiger partial charge is 0.307 e. The topological polar surface area (TPSA) is 55.4 Å². The lowest BCUT2D eigenvalue weighted by atomic mass is 9.49. The molecule has 4 bridgehead atoms. The van der Waals surface area contributed by atoms with Gasteiger partial charge in [0, 0.05) is 10.4 Å². The summed E-state index contributed by atoms with van der Waals surface area (Å²) in [6.07, 6.45) is 11.5. The number of ether oxygens (including phenoxy) is 1. The van der Waals surface area contributed by atoms with E-state index in [1.54, 1.807) is 6.92 Å². The Morgan fingerprint density at radius 2 is 1.80 bits per heavy atom. The highest BCUT2D eigenvalue weighted by atomic mass is 79.9. The molecule has 25 heavy (non-hydrogen) atoms. The van der Waals surface area contributed by atoms with Crippen LogP contribution in [0.3, 0.4) is 0 Å².